The summed E-state index contributed by atoms with van der Waals surface area (Å²) in [6, 6.07) is 14.5. The van der Waals surface area contributed by atoms with Gasteiger partial charge in [-0.05, 0) is 42.3 Å². The van der Waals surface area contributed by atoms with Crippen molar-refractivity contribution in [2.24, 2.45) is 0 Å². The number of nitrogens with one attached hydrogen (secondary N) is 1. The van der Waals surface area contributed by atoms with Crippen molar-refractivity contribution in [3.8, 4) is 0 Å². The monoisotopic (exact) mass is 401 g/mol. The van der Waals surface area contributed by atoms with Crippen molar-refractivity contribution in [2.75, 3.05) is 0 Å². The Morgan fingerprint density at radius 2 is 1.79 bits per heavy atom. The molecular formula is C15H14Br2ClN. The van der Waals surface area contributed by atoms with Crippen LogP contribution in [0.3, 0.4) is 0 Å². The van der Waals surface area contributed by atoms with Gasteiger partial charge in [-0.3, -0.25) is 0 Å². The Morgan fingerprint density at radius 3 is 2.42 bits per heavy atom. The van der Waals surface area contributed by atoms with Gasteiger partial charge in [0.2, 0.25) is 0 Å². The van der Waals surface area contributed by atoms with Gasteiger partial charge in [-0.1, -0.05) is 61.7 Å². The van der Waals surface area contributed by atoms with Crippen LogP contribution < -0.4 is 5.32 Å². The molecule has 0 aliphatic rings. The molecule has 0 aliphatic heterocycles. The Kier molecular flexibility index (Phi) is 5.46. The molecule has 0 saturated heterocycles. The van der Waals surface area contributed by atoms with E-state index >= 15 is 0 Å². The van der Waals surface area contributed by atoms with Crippen molar-refractivity contribution >= 4 is 43.5 Å². The second-order valence-corrected chi connectivity index (χ2v) is 6.60. The maximum Gasteiger partial charge on any atom is 0.0417 e. The fraction of sp³-hybridized carbons (Fsp3) is 0.200. The van der Waals surface area contributed by atoms with Gasteiger partial charge in [0.15, 0.2) is 0 Å². The van der Waals surface area contributed by atoms with Gasteiger partial charge >= 0.3 is 0 Å². The van der Waals surface area contributed by atoms with Gasteiger partial charge in [-0.2, -0.15) is 0 Å². The van der Waals surface area contributed by atoms with Crippen LogP contribution in [-0.2, 0) is 6.54 Å². The fourth-order valence-electron chi connectivity index (χ4n) is 1.80. The van der Waals surface area contributed by atoms with Crippen LogP contribution in [0.5, 0.6) is 0 Å². The highest BCUT2D eigenvalue weighted by molar-refractivity contribution is 9.10. The van der Waals surface area contributed by atoms with Crippen molar-refractivity contribution in [3.63, 3.8) is 0 Å². The van der Waals surface area contributed by atoms with Gasteiger partial charge in [0.05, 0.1) is 0 Å². The molecule has 2 aromatic rings. The van der Waals surface area contributed by atoms with E-state index < -0.39 is 0 Å². The number of halogens is 3. The lowest BCUT2D eigenvalue weighted by Crippen LogP contribution is -2.18. The number of rotatable bonds is 4. The molecule has 1 nitrogen and oxygen atoms in total. The summed E-state index contributed by atoms with van der Waals surface area (Å²) in [4.78, 5) is 0. The van der Waals surface area contributed by atoms with E-state index in [2.05, 4.69) is 68.4 Å². The fourth-order valence-corrected chi connectivity index (χ4v) is 2.88. The summed E-state index contributed by atoms with van der Waals surface area (Å²) in [5.41, 5.74) is 2.47. The minimum absolute atomic E-state index is 0.302. The van der Waals surface area contributed by atoms with E-state index in [1.54, 1.807) is 0 Å². The first-order valence-electron chi connectivity index (χ1n) is 5.99. The standard InChI is InChI=1S/C15H14Br2ClN/c1-10(11-2-5-13(16)6-3-11)19-9-12-4-7-14(18)8-15(12)17/h2-8,10,19H,9H2,1H3/t10-/m0/s1. The molecule has 1 atom stereocenters. The molecule has 0 fully saturated rings. The van der Waals surface area contributed by atoms with Gasteiger partial charge in [0, 0.05) is 26.6 Å². The number of hydrogen-bond acceptors (Lipinski definition) is 1. The smallest absolute Gasteiger partial charge is 0.0417 e. The van der Waals surface area contributed by atoms with E-state index in [4.69, 9.17) is 11.6 Å². The van der Waals surface area contributed by atoms with Crippen LogP contribution in [0.1, 0.15) is 24.1 Å². The van der Waals surface area contributed by atoms with Crippen LogP contribution in [0, 0.1) is 0 Å². The zero-order valence-electron chi connectivity index (χ0n) is 10.5. The largest absolute Gasteiger partial charge is 0.306 e. The summed E-state index contributed by atoms with van der Waals surface area (Å²) in [6.07, 6.45) is 0. The van der Waals surface area contributed by atoms with Crippen LogP contribution in [0.2, 0.25) is 5.02 Å². The summed E-state index contributed by atoms with van der Waals surface area (Å²) >= 11 is 12.9. The van der Waals surface area contributed by atoms with Crippen molar-refractivity contribution < 1.29 is 0 Å². The van der Waals surface area contributed by atoms with Crippen LogP contribution in [0.15, 0.2) is 51.4 Å². The molecule has 1 N–H and O–H groups in total. The first-order chi connectivity index (χ1) is 9.06. The van der Waals surface area contributed by atoms with E-state index in [0.717, 1.165) is 20.5 Å². The van der Waals surface area contributed by atoms with Gasteiger partial charge in [-0.25, -0.2) is 0 Å². The summed E-state index contributed by atoms with van der Waals surface area (Å²) < 4.78 is 2.14. The molecule has 0 bridgehead atoms. The van der Waals surface area contributed by atoms with E-state index in [-0.39, 0.29) is 0 Å². The average Bonchev–Trinajstić information content (AvgIpc) is 2.38. The Bertz CT molecular complexity index is 555. The number of hydrogen-bond donors (Lipinski definition) is 1. The molecule has 2 rings (SSSR count). The van der Waals surface area contributed by atoms with Crippen LogP contribution in [0.4, 0.5) is 0 Å². The Labute approximate surface area is 135 Å². The van der Waals surface area contributed by atoms with Crippen molar-refractivity contribution in [1.29, 1.82) is 0 Å². The predicted molar refractivity (Wildman–Crippen MR) is 88.5 cm³/mol. The average molecular weight is 404 g/mol. The first kappa shape index (κ1) is 15.0. The maximum absolute atomic E-state index is 5.94. The summed E-state index contributed by atoms with van der Waals surface area (Å²) in [5, 5.41) is 4.25. The Morgan fingerprint density at radius 1 is 1.11 bits per heavy atom. The normalized spacial score (nSPS) is 12.4. The lowest BCUT2D eigenvalue weighted by molar-refractivity contribution is 0.573. The lowest BCUT2D eigenvalue weighted by Gasteiger charge is -2.15. The molecule has 0 aromatic heterocycles. The van der Waals surface area contributed by atoms with Gasteiger partial charge in [-0.15, -0.1) is 0 Å². The summed E-state index contributed by atoms with van der Waals surface area (Å²) in [7, 11) is 0. The van der Waals surface area contributed by atoms with Crippen molar-refractivity contribution in [1.82, 2.24) is 5.32 Å². The molecule has 100 valence electrons. The molecule has 4 heteroatoms. The molecular weight excluding hydrogens is 389 g/mol. The van der Waals surface area contributed by atoms with Gasteiger partial charge in [0.1, 0.15) is 0 Å². The Balaban J connectivity index is 2.00. The van der Waals surface area contributed by atoms with E-state index in [1.165, 1.54) is 11.1 Å². The quantitative estimate of drug-likeness (QED) is 0.689. The molecule has 2 aromatic carbocycles. The highest BCUT2D eigenvalue weighted by atomic mass is 79.9. The Hall–Kier alpha value is -0.350. The zero-order chi connectivity index (χ0) is 13.8. The third kappa shape index (κ3) is 4.32. The molecule has 0 unspecified atom stereocenters. The number of benzene rings is 2. The third-order valence-electron chi connectivity index (χ3n) is 2.98. The predicted octanol–water partition coefficient (Wildman–Crippen LogP) is 5.72. The molecule has 0 heterocycles. The van der Waals surface area contributed by atoms with Crippen LogP contribution >= 0.6 is 43.5 Å². The second kappa shape index (κ2) is 6.89. The topological polar surface area (TPSA) is 12.0 Å². The minimum atomic E-state index is 0.302. The summed E-state index contributed by atoms with van der Waals surface area (Å²) in [5.74, 6) is 0. The molecule has 0 saturated carbocycles. The van der Waals surface area contributed by atoms with E-state index in [0.29, 0.717) is 6.04 Å². The van der Waals surface area contributed by atoms with Gasteiger partial charge < -0.3 is 5.32 Å². The van der Waals surface area contributed by atoms with E-state index in [1.807, 2.05) is 18.2 Å². The van der Waals surface area contributed by atoms with Crippen LogP contribution in [0.25, 0.3) is 0 Å². The molecule has 0 aliphatic carbocycles. The van der Waals surface area contributed by atoms with Gasteiger partial charge in [0.25, 0.3) is 0 Å². The molecule has 0 amide bonds. The van der Waals surface area contributed by atoms with E-state index in [9.17, 15) is 0 Å². The van der Waals surface area contributed by atoms with Crippen LogP contribution in [-0.4, -0.2) is 0 Å². The molecule has 19 heavy (non-hydrogen) atoms. The van der Waals surface area contributed by atoms with Crippen molar-refractivity contribution in [3.05, 3.63) is 67.6 Å². The first-order valence-corrected chi connectivity index (χ1v) is 7.95. The maximum atomic E-state index is 5.94. The summed E-state index contributed by atoms with van der Waals surface area (Å²) in [6.45, 7) is 2.96. The highest BCUT2D eigenvalue weighted by Gasteiger charge is 2.06. The van der Waals surface area contributed by atoms with Crippen molar-refractivity contribution in [2.45, 2.75) is 19.5 Å². The second-order valence-electron chi connectivity index (χ2n) is 4.39. The molecule has 0 spiro atoms. The highest BCUT2D eigenvalue weighted by Crippen LogP contribution is 2.23. The zero-order valence-corrected chi connectivity index (χ0v) is 14.4. The minimum Gasteiger partial charge on any atom is -0.306 e. The third-order valence-corrected chi connectivity index (χ3v) is 4.49. The molecule has 0 radical (unpaired) electrons. The lowest BCUT2D eigenvalue weighted by atomic mass is 10.1. The SMILES string of the molecule is C[C@H](NCc1ccc(Cl)cc1Br)c1ccc(Br)cc1.